The van der Waals surface area contributed by atoms with Crippen molar-refractivity contribution >= 4 is 0 Å². The smallest absolute Gasteiger partial charge is 0.0787 e. The number of ether oxygens (including phenoxy) is 1. The van der Waals surface area contributed by atoms with Gasteiger partial charge in [-0.15, -0.1) is 0 Å². The summed E-state index contributed by atoms with van der Waals surface area (Å²) in [5, 5.41) is 0. The zero-order chi connectivity index (χ0) is 9.40. The average Bonchev–Trinajstić information content (AvgIpc) is 2.00. The summed E-state index contributed by atoms with van der Waals surface area (Å²) in [5.74, 6) is 1.49. The van der Waals surface area contributed by atoms with Crippen molar-refractivity contribution in [1.82, 2.24) is 0 Å². The highest BCUT2D eigenvalue weighted by Crippen LogP contribution is 2.12. The average molecular weight is 170 g/mol. The third kappa shape index (κ3) is 7.64. The Kier molecular flexibility index (Phi) is 6.93. The van der Waals surface area contributed by atoms with Crippen molar-refractivity contribution in [2.75, 3.05) is 7.11 Å². The van der Waals surface area contributed by atoms with Crippen LogP contribution in [0.4, 0.5) is 0 Å². The molecule has 0 aliphatic carbocycles. The highest BCUT2D eigenvalue weighted by Gasteiger charge is 1.98. The first-order valence-electron chi connectivity index (χ1n) is 4.86. The minimum absolute atomic E-state index is 0.656. The molecule has 0 spiro atoms. The highest BCUT2D eigenvalue weighted by atomic mass is 16.5. The summed E-state index contributed by atoms with van der Waals surface area (Å²) < 4.78 is 4.86. The lowest BCUT2D eigenvalue weighted by Crippen LogP contribution is -1.93. The van der Waals surface area contributed by atoms with Gasteiger partial charge in [0.05, 0.1) is 13.4 Å². The molecule has 0 aliphatic heterocycles. The van der Waals surface area contributed by atoms with Crippen LogP contribution in [0.2, 0.25) is 0 Å². The van der Waals surface area contributed by atoms with Crippen LogP contribution in [-0.4, -0.2) is 7.11 Å². The first kappa shape index (κ1) is 11.5. The molecule has 0 aromatic carbocycles. The third-order valence-electron chi connectivity index (χ3n) is 1.98. The van der Waals surface area contributed by atoms with Crippen LogP contribution in [-0.2, 0) is 4.74 Å². The normalized spacial score (nSPS) is 14.1. The molecule has 0 N–H and O–H groups in total. The topological polar surface area (TPSA) is 9.23 Å². The number of methoxy groups -OCH3 is 1. The molecular weight excluding hydrogens is 148 g/mol. The van der Waals surface area contributed by atoms with Crippen molar-refractivity contribution < 1.29 is 4.74 Å². The van der Waals surface area contributed by atoms with Crippen molar-refractivity contribution in [1.29, 1.82) is 0 Å². The maximum Gasteiger partial charge on any atom is 0.0787 e. The van der Waals surface area contributed by atoms with Gasteiger partial charge in [0.1, 0.15) is 0 Å². The van der Waals surface area contributed by atoms with Crippen LogP contribution in [0.1, 0.15) is 40.0 Å². The lowest BCUT2D eigenvalue weighted by molar-refractivity contribution is 0.333. The van der Waals surface area contributed by atoms with Gasteiger partial charge in [0.2, 0.25) is 0 Å². The summed E-state index contributed by atoms with van der Waals surface area (Å²) >= 11 is 0. The van der Waals surface area contributed by atoms with Crippen LogP contribution in [0.5, 0.6) is 0 Å². The van der Waals surface area contributed by atoms with E-state index in [0.717, 1.165) is 5.92 Å². The van der Waals surface area contributed by atoms with E-state index in [1.54, 1.807) is 13.4 Å². The van der Waals surface area contributed by atoms with Crippen molar-refractivity contribution in [3.05, 3.63) is 12.3 Å². The molecule has 1 heteroatoms. The van der Waals surface area contributed by atoms with E-state index < -0.39 is 0 Å². The molecule has 0 heterocycles. The van der Waals surface area contributed by atoms with Crippen molar-refractivity contribution in [2.24, 2.45) is 11.8 Å². The Morgan fingerprint density at radius 1 is 1.17 bits per heavy atom. The summed E-state index contributed by atoms with van der Waals surface area (Å²) in [4.78, 5) is 0. The SMILES string of the molecule is CO/C=C/[C@@H](C)CCCC(C)C. The molecule has 0 bridgehead atoms. The molecule has 0 radical (unpaired) electrons. The van der Waals surface area contributed by atoms with E-state index in [0.29, 0.717) is 5.92 Å². The van der Waals surface area contributed by atoms with Gasteiger partial charge in [-0.05, 0) is 24.3 Å². The van der Waals surface area contributed by atoms with E-state index in [1.165, 1.54) is 19.3 Å². The molecule has 0 aromatic rings. The van der Waals surface area contributed by atoms with E-state index in [4.69, 9.17) is 4.74 Å². The quantitative estimate of drug-likeness (QED) is 0.553. The van der Waals surface area contributed by atoms with E-state index in [2.05, 4.69) is 26.8 Å². The van der Waals surface area contributed by atoms with E-state index >= 15 is 0 Å². The van der Waals surface area contributed by atoms with Gasteiger partial charge in [-0.3, -0.25) is 0 Å². The second-order valence-electron chi connectivity index (χ2n) is 3.87. The Morgan fingerprint density at radius 2 is 1.83 bits per heavy atom. The fourth-order valence-electron chi connectivity index (χ4n) is 1.16. The second kappa shape index (κ2) is 7.20. The van der Waals surface area contributed by atoms with Gasteiger partial charge in [0, 0.05) is 0 Å². The molecule has 1 atom stereocenters. The summed E-state index contributed by atoms with van der Waals surface area (Å²) in [6.45, 7) is 6.78. The molecule has 0 amide bonds. The van der Waals surface area contributed by atoms with E-state index in [-0.39, 0.29) is 0 Å². The van der Waals surface area contributed by atoms with Gasteiger partial charge >= 0.3 is 0 Å². The fraction of sp³-hybridized carbons (Fsp3) is 0.818. The predicted molar refractivity (Wildman–Crippen MR) is 54.0 cm³/mol. The Bertz CT molecular complexity index is 116. The van der Waals surface area contributed by atoms with E-state index in [1.807, 2.05) is 0 Å². The summed E-state index contributed by atoms with van der Waals surface area (Å²) in [7, 11) is 1.69. The second-order valence-corrected chi connectivity index (χ2v) is 3.87. The molecule has 0 rings (SSSR count). The number of rotatable bonds is 6. The van der Waals surface area contributed by atoms with Crippen molar-refractivity contribution in [3.8, 4) is 0 Å². The summed E-state index contributed by atoms with van der Waals surface area (Å²) in [6, 6.07) is 0. The highest BCUT2D eigenvalue weighted by molar-refractivity contribution is 4.79. The standard InChI is InChI=1S/C11H22O/c1-10(2)6-5-7-11(3)8-9-12-4/h8-11H,5-7H2,1-4H3/b9-8+/t11-/m0/s1. The van der Waals surface area contributed by atoms with Gasteiger partial charge in [0.15, 0.2) is 0 Å². The molecule has 12 heavy (non-hydrogen) atoms. The minimum Gasteiger partial charge on any atom is -0.505 e. The van der Waals surface area contributed by atoms with Gasteiger partial charge in [-0.2, -0.15) is 0 Å². The number of allylic oxidation sites excluding steroid dienone is 1. The lowest BCUT2D eigenvalue weighted by atomic mass is 10.00. The monoisotopic (exact) mass is 170 g/mol. The minimum atomic E-state index is 0.656. The van der Waals surface area contributed by atoms with E-state index in [9.17, 15) is 0 Å². The Hall–Kier alpha value is -0.460. The zero-order valence-corrected chi connectivity index (χ0v) is 8.84. The van der Waals surface area contributed by atoms with Crippen LogP contribution in [0.15, 0.2) is 12.3 Å². The lowest BCUT2D eigenvalue weighted by Gasteiger charge is -2.07. The molecule has 0 aliphatic rings. The maximum atomic E-state index is 4.86. The molecule has 0 saturated carbocycles. The molecule has 0 saturated heterocycles. The molecule has 72 valence electrons. The van der Waals surface area contributed by atoms with Crippen LogP contribution in [0, 0.1) is 11.8 Å². The molecule has 0 unspecified atom stereocenters. The van der Waals surface area contributed by atoms with Gasteiger partial charge < -0.3 is 4.74 Å². The van der Waals surface area contributed by atoms with Crippen LogP contribution in [0.3, 0.4) is 0 Å². The molecule has 0 aromatic heterocycles. The Balaban J connectivity index is 3.31. The largest absolute Gasteiger partial charge is 0.505 e. The molecule has 1 nitrogen and oxygen atoms in total. The number of hydrogen-bond donors (Lipinski definition) is 0. The van der Waals surface area contributed by atoms with Gasteiger partial charge in [0.25, 0.3) is 0 Å². The van der Waals surface area contributed by atoms with Gasteiger partial charge in [-0.1, -0.05) is 33.6 Å². The fourth-order valence-corrected chi connectivity index (χ4v) is 1.16. The Labute approximate surface area is 76.8 Å². The van der Waals surface area contributed by atoms with Crippen molar-refractivity contribution in [3.63, 3.8) is 0 Å². The number of hydrogen-bond acceptors (Lipinski definition) is 1. The first-order chi connectivity index (χ1) is 5.66. The predicted octanol–water partition coefficient (Wildman–Crippen LogP) is 3.61. The third-order valence-corrected chi connectivity index (χ3v) is 1.98. The van der Waals surface area contributed by atoms with Crippen LogP contribution < -0.4 is 0 Å². The Morgan fingerprint density at radius 3 is 2.33 bits per heavy atom. The van der Waals surface area contributed by atoms with Crippen molar-refractivity contribution in [2.45, 2.75) is 40.0 Å². The molecular formula is C11H22O. The first-order valence-corrected chi connectivity index (χ1v) is 4.86. The maximum absolute atomic E-state index is 4.86. The van der Waals surface area contributed by atoms with Crippen LogP contribution >= 0.6 is 0 Å². The molecule has 0 fully saturated rings. The summed E-state index contributed by atoms with van der Waals surface area (Å²) in [6.07, 6.45) is 7.84. The zero-order valence-electron chi connectivity index (χ0n) is 8.84. The van der Waals surface area contributed by atoms with Gasteiger partial charge in [-0.25, -0.2) is 0 Å². The summed E-state index contributed by atoms with van der Waals surface area (Å²) in [5.41, 5.74) is 0. The van der Waals surface area contributed by atoms with Crippen LogP contribution in [0.25, 0.3) is 0 Å².